The highest BCUT2D eigenvalue weighted by Crippen LogP contribution is 2.07. The third-order valence-corrected chi connectivity index (χ3v) is 2.46. The summed E-state index contributed by atoms with van der Waals surface area (Å²) in [6, 6.07) is 1.85. The Morgan fingerprint density at radius 2 is 2.29 bits per heavy atom. The summed E-state index contributed by atoms with van der Waals surface area (Å²) in [5, 5.41) is 6.20. The Bertz CT molecular complexity index is 399. The molecule has 0 spiro atoms. The Morgan fingerprint density at radius 1 is 1.36 bits per heavy atom. The van der Waals surface area contributed by atoms with Crippen molar-refractivity contribution < 1.29 is 0 Å². The first-order valence-electron chi connectivity index (χ1n) is 4.26. The molecule has 14 heavy (non-hydrogen) atoms. The van der Waals surface area contributed by atoms with Crippen LogP contribution in [0, 0.1) is 6.92 Å². The van der Waals surface area contributed by atoms with Crippen LogP contribution in [-0.4, -0.2) is 15.0 Å². The molecule has 4 nitrogen and oxygen atoms in total. The van der Waals surface area contributed by atoms with Crippen LogP contribution in [0.4, 0.5) is 5.82 Å². The van der Waals surface area contributed by atoms with E-state index in [2.05, 4.69) is 20.3 Å². The maximum atomic E-state index is 4.23. The summed E-state index contributed by atoms with van der Waals surface area (Å²) >= 11 is 1.63. The van der Waals surface area contributed by atoms with E-state index in [0.29, 0.717) is 6.54 Å². The van der Waals surface area contributed by atoms with Crippen LogP contribution >= 0.6 is 11.3 Å². The van der Waals surface area contributed by atoms with Gasteiger partial charge in [-0.15, -0.1) is 11.3 Å². The summed E-state index contributed by atoms with van der Waals surface area (Å²) in [4.78, 5) is 12.4. The number of hydrogen-bond donors (Lipinski definition) is 1. The molecule has 0 amide bonds. The molecular formula is C9H10N4S. The van der Waals surface area contributed by atoms with Gasteiger partial charge in [-0.05, 0) is 13.0 Å². The fourth-order valence-corrected chi connectivity index (χ4v) is 1.62. The molecule has 2 aromatic heterocycles. The van der Waals surface area contributed by atoms with Crippen molar-refractivity contribution >= 4 is 17.2 Å². The maximum absolute atomic E-state index is 4.23. The molecule has 0 aliphatic heterocycles. The smallest absolute Gasteiger partial charge is 0.129 e. The highest BCUT2D eigenvalue weighted by Gasteiger charge is 1.97. The lowest BCUT2D eigenvalue weighted by Gasteiger charge is -2.02. The average Bonchev–Trinajstić information content (AvgIpc) is 2.67. The second-order valence-electron chi connectivity index (χ2n) is 2.77. The molecule has 0 saturated heterocycles. The summed E-state index contributed by atoms with van der Waals surface area (Å²) in [6.07, 6.45) is 3.54. The minimum atomic E-state index is 0.716. The highest BCUT2D eigenvalue weighted by atomic mass is 32.1. The zero-order valence-electron chi connectivity index (χ0n) is 7.77. The third-order valence-electron chi connectivity index (χ3n) is 1.68. The molecule has 0 aliphatic carbocycles. The van der Waals surface area contributed by atoms with Crippen LogP contribution in [0.1, 0.15) is 10.8 Å². The van der Waals surface area contributed by atoms with Gasteiger partial charge in [-0.2, -0.15) is 0 Å². The molecule has 0 bridgehead atoms. The van der Waals surface area contributed by atoms with E-state index in [4.69, 9.17) is 0 Å². The fourth-order valence-electron chi connectivity index (χ4n) is 1.06. The van der Waals surface area contributed by atoms with E-state index >= 15 is 0 Å². The van der Waals surface area contributed by atoms with Crippen LogP contribution in [0.25, 0.3) is 0 Å². The van der Waals surface area contributed by atoms with Gasteiger partial charge in [0.05, 0.1) is 6.54 Å². The lowest BCUT2D eigenvalue weighted by molar-refractivity contribution is 1.01. The first-order chi connectivity index (χ1) is 6.84. The summed E-state index contributed by atoms with van der Waals surface area (Å²) in [5.74, 6) is 1.61. The first-order valence-corrected chi connectivity index (χ1v) is 5.14. The standard InChI is InChI=1S/C9H10N4S/c1-7-10-3-2-8(13-7)12-6-9-11-4-5-14-9/h2-5H,6H2,1H3,(H,10,12,13). The monoisotopic (exact) mass is 206 g/mol. The van der Waals surface area contributed by atoms with Crippen molar-refractivity contribution in [2.24, 2.45) is 0 Å². The molecule has 0 unspecified atom stereocenters. The molecule has 0 aliphatic rings. The van der Waals surface area contributed by atoms with Crippen molar-refractivity contribution in [2.75, 3.05) is 5.32 Å². The number of hydrogen-bond acceptors (Lipinski definition) is 5. The van der Waals surface area contributed by atoms with Gasteiger partial charge in [0.25, 0.3) is 0 Å². The molecule has 2 aromatic rings. The SMILES string of the molecule is Cc1nccc(NCc2nccs2)n1. The molecule has 2 heterocycles. The summed E-state index contributed by atoms with van der Waals surface area (Å²) in [6.45, 7) is 2.59. The van der Waals surface area contributed by atoms with Crippen LogP contribution in [0.2, 0.25) is 0 Å². The number of anilines is 1. The zero-order chi connectivity index (χ0) is 9.80. The molecule has 5 heteroatoms. The topological polar surface area (TPSA) is 50.7 Å². The Morgan fingerprint density at radius 3 is 3.00 bits per heavy atom. The average molecular weight is 206 g/mol. The van der Waals surface area contributed by atoms with E-state index in [1.807, 2.05) is 18.4 Å². The summed E-state index contributed by atoms with van der Waals surface area (Å²) in [7, 11) is 0. The number of nitrogens with zero attached hydrogens (tertiary/aromatic N) is 3. The van der Waals surface area contributed by atoms with Crippen molar-refractivity contribution in [1.29, 1.82) is 0 Å². The van der Waals surface area contributed by atoms with E-state index in [-0.39, 0.29) is 0 Å². The largest absolute Gasteiger partial charge is 0.363 e. The molecule has 0 atom stereocenters. The zero-order valence-corrected chi connectivity index (χ0v) is 8.58. The van der Waals surface area contributed by atoms with Crippen LogP contribution < -0.4 is 5.32 Å². The second-order valence-corrected chi connectivity index (χ2v) is 3.75. The fraction of sp³-hybridized carbons (Fsp3) is 0.222. The Kier molecular flexibility index (Phi) is 2.69. The number of nitrogens with one attached hydrogen (secondary N) is 1. The number of aryl methyl sites for hydroxylation is 1. The quantitative estimate of drug-likeness (QED) is 0.832. The number of thiazole rings is 1. The van der Waals surface area contributed by atoms with Crippen LogP contribution in [0.5, 0.6) is 0 Å². The normalized spacial score (nSPS) is 10.1. The van der Waals surface area contributed by atoms with Gasteiger partial charge in [-0.3, -0.25) is 0 Å². The van der Waals surface area contributed by atoms with Crippen molar-refractivity contribution in [1.82, 2.24) is 15.0 Å². The van der Waals surface area contributed by atoms with Gasteiger partial charge in [0.2, 0.25) is 0 Å². The van der Waals surface area contributed by atoms with Gasteiger partial charge in [-0.1, -0.05) is 0 Å². The lowest BCUT2D eigenvalue weighted by Crippen LogP contribution is -2.01. The Balaban J connectivity index is 1.98. The van der Waals surface area contributed by atoms with Gasteiger partial charge >= 0.3 is 0 Å². The van der Waals surface area contributed by atoms with E-state index in [0.717, 1.165) is 16.6 Å². The minimum Gasteiger partial charge on any atom is -0.363 e. The van der Waals surface area contributed by atoms with Crippen LogP contribution in [0.3, 0.4) is 0 Å². The van der Waals surface area contributed by atoms with E-state index in [1.54, 1.807) is 23.7 Å². The molecule has 0 radical (unpaired) electrons. The van der Waals surface area contributed by atoms with E-state index in [1.165, 1.54) is 0 Å². The van der Waals surface area contributed by atoms with Gasteiger partial charge in [0.1, 0.15) is 16.6 Å². The van der Waals surface area contributed by atoms with Crippen molar-refractivity contribution in [3.63, 3.8) is 0 Å². The molecular weight excluding hydrogens is 196 g/mol. The third kappa shape index (κ3) is 2.26. The minimum absolute atomic E-state index is 0.716. The van der Waals surface area contributed by atoms with Crippen LogP contribution in [0.15, 0.2) is 23.8 Å². The lowest BCUT2D eigenvalue weighted by atomic mass is 10.5. The van der Waals surface area contributed by atoms with Gasteiger partial charge in [0.15, 0.2) is 0 Å². The van der Waals surface area contributed by atoms with Gasteiger partial charge < -0.3 is 5.32 Å². The van der Waals surface area contributed by atoms with E-state index in [9.17, 15) is 0 Å². The van der Waals surface area contributed by atoms with Gasteiger partial charge in [0, 0.05) is 17.8 Å². The molecule has 2 rings (SSSR count). The maximum Gasteiger partial charge on any atom is 0.129 e. The highest BCUT2D eigenvalue weighted by molar-refractivity contribution is 7.09. The molecule has 0 aromatic carbocycles. The van der Waals surface area contributed by atoms with Crippen molar-refractivity contribution in [3.05, 3.63) is 34.7 Å². The number of rotatable bonds is 3. The molecule has 72 valence electrons. The predicted molar refractivity (Wildman–Crippen MR) is 56.2 cm³/mol. The first kappa shape index (κ1) is 9.08. The molecule has 1 N–H and O–H groups in total. The molecule has 0 fully saturated rings. The predicted octanol–water partition coefficient (Wildman–Crippen LogP) is 1.85. The Hall–Kier alpha value is -1.49. The summed E-state index contributed by atoms with van der Waals surface area (Å²) in [5.41, 5.74) is 0. The second kappa shape index (κ2) is 4.15. The van der Waals surface area contributed by atoms with Crippen molar-refractivity contribution in [2.45, 2.75) is 13.5 Å². The van der Waals surface area contributed by atoms with E-state index < -0.39 is 0 Å². The van der Waals surface area contributed by atoms with Crippen molar-refractivity contribution in [3.8, 4) is 0 Å². The van der Waals surface area contributed by atoms with Gasteiger partial charge in [-0.25, -0.2) is 15.0 Å². The van der Waals surface area contributed by atoms with Crippen LogP contribution in [-0.2, 0) is 6.54 Å². The molecule has 0 saturated carbocycles. The summed E-state index contributed by atoms with van der Waals surface area (Å²) < 4.78 is 0. The number of aromatic nitrogens is 3. The Labute approximate surface area is 86.1 Å².